The van der Waals surface area contributed by atoms with Crippen molar-refractivity contribution < 1.29 is 4.74 Å². The molecule has 0 aliphatic carbocycles. The molecule has 1 aromatic heterocycles. The van der Waals surface area contributed by atoms with Gasteiger partial charge in [0.05, 0.1) is 13.2 Å². The van der Waals surface area contributed by atoms with Crippen molar-refractivity contribution in [1.82, 2.24) is 9.47 Å². The van der Waals surface area contributed by atoms with Crippen LogP contribution in [0, 0.1) is 0 Å². The van der Waals surface area contributed by atoms with E-state index in [-0.39, 0.29) is 0 Å². The van der Waals surface area contributed by atoms with Crippen LogP contribution in [0.15, 0.2) is 36.5 Å². The molecule has 0 aliphatic rings. The van der Waals surface area contributed by atoms with E-state index in [1.165, 1.54) is 16.6 Å². The van der Waals surface area contributed by atoms with Crippen molar-refractivity contribution in [3.05, 3.63) is 42.2 Å². The van der Waals surface area contributed by atoms with Gasteiger partial charge >= 0.3 is 0 Å². The molecule has 0 saturated heterocycles. The highest BCUT2D eigenvalue weighted by Crippen LogP contribution is 2.24. The number of nitrogens with zero attached hydrogens (tertiary/aromatic N) is 2. The predicted molar refractivity (Wildman–Crippen MR) is 80.4 cm³/mol. The van der Waals surface area contributed by atoms with E-state index in [1.54, 1.807) is 0 Å². The molecule has 19 heavy (non-hydrogen) atoms. The topological polar surface area (TPSA) is 17.4 Å². The van der Waals surface area contributed by atoms with Crippen molar-refractivity contribution in [2.24, 2.45) is 7.05 Å². The van der Waals surface area contributed by atoms with E-state index in [2.05, 4.69) is 54.0 Å². The quantitative estimate of drug-likeness (QED) is 0.816. The molecule has 3 heteroatoms. The lowest BCUT2D eigenvalue weighted by Gasteiger charge is -2.14. The maximum atomic E-state index is 5.55. The highest BCUT2D eigenvalue weighted by atomic mass is 16.5. The van der Waals surface area contributed by atoms with Gasteiger partial charge in [0.25, 0.3) is 0 Å². The predicted octanol–water partition coefficient (Wildman–Crippen LogP) is 3.54. The first-order valence-corrected chi connectivity index (χ1v) is 6.70. The molecule has 3 nitrogen and oxygen atoms in total. The molecule has 102 valence electrons. The molecule has 0 fully saturated rings. The SMILES string of the molecule is C/C=C/N(C)Cc1cc2cc(OCC)ccc2n1C. The molecule has 0 saturated carbocycles. The summed E-state index contributed by atoms with van der Waals surface area (Å²) in [5, 5.41) is 1.23. The van der Waals surface area contributed by atoms with Gasteiger partial charge in [-0.05, 0) is 44.3 Å². The number of fused-ring (bicyclic) bond motifs is 1. The van der Waals surface area contributed by atoms with Gasteiger partial charge in [-0.1, -0.05) is 6.08 Å². The molecule has 0 amide bonds. The van der Waals surface area contributed by atoms with Gasteiger partial charge in [0.2, 0.25) is 0 Å². The lowest BCUT2D eigenvalue weighted by atomic mass is 10.2. The van der Waals surface area contributed by atoms with Crippen LogP contribution in [0.5, 0.6) is 5.75 Å². The van der Waals surface area contributed by atoms with Gasteiger partial charge in [-0.3, -0.25) is 0 Å². The van der Waals surface area contributed by atoms with E-state index in [4.69, 9.17) is 4.74 Å². The Morgan fingerprint density at radius 1 is 1.32 bits per heavy atom. The van der Waals surface area contributed by atoms with Gasteiger partial charge in [-0.15, -0.1) is 0 Å². The molecule has 2 rings (SSSR count). The standard InChI is InChI=1S/C16H22N2O/c1-5-9-17(3)12-14-10-13-11-15(19-6-2)7-8-16(13)18(14)4/h5,7-11H,6,12H2,1-4H3/b9-5+. The second-order valence-electron chi connectivity index (χ2n) is 4.75. The fourth-order valence-electron chi connectivity index (χ4n) is 2.36. The van der Waals surface area contributed by atoms with Crippen molar-refractivity contribution in [2.75, 3.05) is 13.7 Å². The maximum absolute atomic E-state index is 5.55. The average Bonchev–Trinajstić information content (AvgIpc) is 2.67. The van der Waals surface area contributed by atoms with Crippen molar-refractivity contribution >= 4 is 10.9 Å². The number of ether oxygens (including phenoxy) is 1. The van der Waals surface area contributed by atoms with Gasteiger partial charge in [0.1, 0.15) is 5.75 Å². The van der Waals surface area contributed by atoms with Crippen LogP contribution in [-0.2, 0) is 13.6 Å². The lowest BCUT2D eigenvalue weighted by molar-refractivity contribution is 0.340. The van der Waals surface area contributed by atoms with Crippen molar-refractivity contribution in [3.63, 3.8) is 0 Å². The number of aryl methyl sites for hydroxylation is 1. The van der Waals surface area contributed by atoms with E-state index in [1.807, 2.05) is 19.9 Å². The smallest absolute Gasteiger partial charge is 0.120 e. The van der Waals surface area contributed by atoms with E-state index >= 15 is 0 Å². The monoisotopic (exact) mass is 258 g/mol. The summed E-state index contributed by atoms with van der Waals surface area (Å²) in [6, 6.07) is 8.50. The third-order valence-corrected chi connectivity index (χ3v) is 3.24. The van der Waals surface area contributed by atoms with Crippen molar-refractivity contribution in [1.29, 1.82) is 0 Å². The van der Waals surface area contributed by atoms with Gasteiger partial charge in [0.15, 0.2) is 0 Å². The van der Waals surface area contributed by atoms with E-state index in [9.17, 15) is 0 Å². The van der Waals surface area contributed by atoms with Crippen LogP contribution >= 0.6 is 0 Å². The maximum Gasteiger partial charge on any atom is 0.120 e. The summed E-state index contributed by atoms with van der Waals surface area (Å²) in [6.45, 7) is 5.65. The van der Waals surface area contributed by atoms with Crippen LogP contribution < -0.4 is 4.74 Å². The van der Waals surface area contributed by atoms with Crippen molar-refractivity contribution in [3.8, 4) is 5.75 Å². The number of benzene rings is 1. The molecular formula is C16H22N2O. The summed E-state index contributed by atoms with van der Waals surface area (Å²) in [4.78, 5) is 2.18. The van der Waals surface area contributed by atoms with Crippen LogP contribution in [0.3, 0.4) is 0 Å². The van der Waals surface area contributed by atoms with Crippen LogP contribution in [0.1, 0.15) is 19.5 Å². The van der Waals surface area contributed by atoms with E-state index in [0.717, 1.165) is 12.3 Å². The zero-order valence-corrected chi connectivity index (χ0v) is 12.2. The molecule has 0 unspecified atom stereocenters. The van der Waals surface area contributed by atoms with Gasteiger partial charge in [-0.25, -0.2) is 0 Å². The number of hydrogen-bond acceptors (Lipinski definition) is 2. The third-order valence-electron chi connectivity index (χ3n) is 3.24. The Labute approximate surface area is 115 Å². The Hall–Kier alpha value is -1.90. The van der Waals surface area contributed by atoms with Gasteiger partial charge in [0, 0.05) is 30.7 Å². The Morgan fingerprint density at radius 3 is 2.79 bits per heavy atom. The van der Waals surface area contributed by atoms with Crippen molar-refractivity contribution in [2.45, 2.75) is 20.4 Å². The Morgan fingerprint density at radius 2 is 2.11 bits per heavy atom. The minimum atomic E-state index is 0.704. The highest BCUT2D eigenvalue weighted by molar-refractivity contribution is 5.82. The summed E-state index contributed by atoms with van der Waals surface area (Å²) in [6.07, 6.45) is 4.14. The van der Waals surface area contributed by atoms with Crippen LogP contribution in [0.4, 0.5) is 0 Å². The van der Waals surface area contributed by atoms with E-state index in [0.29, 0.717) is 6.61 Å². The Kier molecular flexibility index (Phi) is 4.15. The van der Waals surface area contributed by atoms with Crippen LogP contribution in [-0.4, -0.2) is 23.1 Å². The molecule has 0 atom stereocenters. The zero-order chi connectivity index (χ0) is 13.8. The van der Waals surface area contributed by atoms with Gasteiger partial charge in [-0.2, -0.15) is 0 Å². The molecule has 0 bridgehead atoms. The fourth-order valence-corrected chi connectivity index (χ4v) is 2.36. The molecule has 0 spiro atoms. The molecule has 1 aromatic carbocycles. The van der Waals surface area contributed by atoms with E-state index < -0.39 is 0 Å². The fraction of sp³-hybridized carbons (Fsp3) is 0.375. The van der Waals surface area contributed by atoms with Gasteiger partial charge < -0.3 is 14.2 Å². The first-order chi connectivity index (χ1) is 9.15. The Balaban J connectivity index is 2.33. The normalized spacial score (nSPS) is 11.4. The second kappa shape index (κ2) is 5.83. The minimum Gasteiger partial charge on any atom is -0.494 e. The average molecular weight is 258 g/mol. The summed E-state index contributed by atoms with van der Waals surface area (Å²) in [5.74, 6) is 0.939. The summed E-state index contributed by atoms with van der Waals surface area (Å²) < 4.78 is 7.79. The number of hydrogen-bond donors (Lipinski definition) is 0. The molecule has 2 aromatic rings. The summed E-state index contributed by atoms with van der Waals surface area (Å²) >= 11 is 0. The molecule has 1 heterocycles. The number of allylic oxidation sites excluding steroid dienone is 1. The van der Waals surface area contributed by atoms with Crippen LogP contribution in [0.2, 0.25) is 0 Å². The first-order valence-electron chi connectivity index (χ1n) is 6.70. The molecule has 0 aliphatic heterocycles. The largest absolute Gasteiger partial charge is 0.494 e. The summed E-state index contributed by atoms with van der Waals surface area (Å²) in [7, 11) is 4.20. The third kappa shape index (κ3) is 2.92. The number of rotatable bonds is 5. The molecule has 0 N–H and O–H groups in total. The minimum absolute atomic E-state index is 0.704. The first kappa shape index (κ1) is 13.5. The van der Waals surface area contributed by atoms with Crippen LogP contribution in [0.25, 0.3) is 10.9 Å². The second-order valence-corrected chi connectivity index (χ2v) is 4.75. The molecule has 0 radical (unpaired) electrons. The summed E-state index contributed by atoms with van der Waals surface area (Å²) in [5.41, 5.74) is 2.54. The Bertz CT molecular complexity index is 584. The highest BCUT2D eigenvalue weighted by Gasteiger charge is 2.07. The lowest BCUT2D eigenvalue weighted by Crippen LogP contribution is -2.12. The zero-order valence-electron chi connectivity index (χ0n) is 12.2. The molecular weight excluding hydrogens is 236 g/mol. The number of aromatic nitrogens is 1.